The van der Waals surface area contributed by atoms with Crippen LogP contribution in [-0.4, -0.2) is 11.6 Å². The van der Waals surface area contributed by atoms with E-state index in [1.807, 2.05) is 20.8 Å². The third-order valence-corrected chi connectivity index (χ3v) is 3.13. The lowest BCUT2D eigenvalue weighted by Crippen LogP contribution is -2.11. The molecule has 0 aliphatic carbocycles. The largest absolute Gasteiger partial charge is 0.477 e. The molecule has 100 valence electrons. The molecule has 1 rings (SSSR count). The molecule has 2 N–H and O–H groups in total. The molecule has 0 amide bonds. The lowest BCUT2D eigenvalue weighted by Gasteiger charge is -2.19. The molecule has 0 aromatic carbocycles. The van der Waals surface area contributed by atoms with Crippen LogP contribution in [0.1, 0.15) is 56.2 Å². The van der Waals surface area contributed by atoms with Crippen LogP contribution in [0.4, 0.5) is 5.82 Å². The third kappa shape index (κ3) is 2.77. The number of rotatable bonds is 5. The molecule has 1 aromatic heterocycles. The summed E-state index contributed by atoms with van der Waals surface area (Å²) >= 11 is 0. The molecule has 1 aromatic rings. The summed E-state index contributed by atoms with van der Waals surface area (Å²) in [4.78, 5) is 4.03. The Morgan fingerprint density at radius 2 is 1.74 bits per heavy atom. The standard InChI is InChI=1S/C14H18N4O/c1-4-9(5-2)12-10(7-15)13(17)18-14(19-6-3)11(12)8-16/h9H,4-6H2,1-3H3,(H2,17,18). The topological polar surface area (TPSA) is 95.7 Å². The van der Waals surface area contributed by atoms with Gasteiger partial charge < -0.3 is 10.5 Å². The van der Waals surface area contributed by atoms with Crippen molar-refractivity contribution in [1.82, 2.24) is 4.98 Å². The fraction of sp³-hybridized carbons (Fsp3) is 0.500. The summed E-state index contributed by atoms with van der Waals surface area (Å²) in [6.45, 7) is 6.25. The molecule has 0 spiro atoms. The van der Waals surface area contributed by atoms with Crippen LogP contribution < -0.4 is 10.5 Å². The number of aromatic nitrogens is 1. The van der Waals surface area contributed by atoms with E-state index in [0.29, 0.717) is 23.3 Å². The summed E-state index contributed by atoms with van der Waals surface area (Å²) in [6.07, 6.45) is 1.66. The summed E-state index contributed by atoms with van der Waals surface area (Å²) in [7, 11) is 0. The van der Waals surface area contributed by atoms with E-state index in [2.05, 4.69) is 17.1 Å². The maximum absolute atomic E-state index is 9.36. The average molecular weight is 258 g/mol. The van der Waals surface area contributed by atoms with E-state index >= 15 is 0 Å². The number of nitrogens with two attached hydrogens (primary N) is 1. The molecule has 0 aliphatic rings. The Hall–Kier alpha value is -2.27. The number of nitrogen functional groups attached to an aromatic ring is 1. The fourth-order valence-corrected chi connectivity index (χ4v) is 2.17. The van der Waals surface area contributed by atoms with Crippen molar-refractivity contribution in [3.63, 3.8) is 0 Å². The van der Waals surface area contributed by atoms with Crippen LogP contribution in [-0.2, 0) is 0 Å². The maximum Gasteiger partial charge on any atom is 0.234 e. The highest BCUT2D eigenvalue weighted by Gasteiger charge is 2.24. The fourth-order valence-electron chi connectivity index (χ4n) is 2.17. The third-order valence-electron chi connectivity index (χ3n) is 3.13. The smallest absolute Gasteiger partial charge is 0.234 e. The van der Waals surface area contributed by atoms with Crippen LogP contribution in [0.2, 0.25) is 0 Å². The second-order valence-electron chi connectivity index (χ2n) is 4.14. The predicted octanol–water partition coefficient (Wildman–Crippen LogP) is 2.71. The molecule has 5 heteroatoms. The van der Waals surface area contributed by atoms with Crippen molar-refractivity contribution in [2.24, 2.45) is 0 Å². The van der Waals surface area contributed by atoms with Gasteiger partial charge in [-0.3, -0.25) is 0 Å². The van der Waals surface area contributed by atoms with Gasteiger partial charge >= 0.3 is 0 Å². The molecule has 0 atom stereocenters. The van der Waals surface area contributed by atoms with E-state index in [1.54, 1.807) is 0 Å². The van der Waals surface area contributed by atoms with Crippen molar-refractivity contribution in [2.75, 3.05) is 12.3 Å². The van der Waals surface area contributed by atoms with Gasteiger partial charge in [0.2, 0.25) is 5.88 Å². The number of anilines is 1. The van der Waals surface area contributed by atoms with Crippen molar-refractivity contribution >= 4 is 5.82 Å². The zero-order valence-electron chi connectivity index (χ0n) is 11.5. The van der Waals surface area contributed by atoms with E-state index < -0.39 is 0 Å². The van der Waals surface area contributed by atoms with E-state index in [9.17, 15) is 10.5 Å². The van der Waals surface area contributed by atoms with Gasteiger partial charge in [0.05, 0.1) is 12.2 Å². The molecule has 0 aliphatic heterocycles. The van der Waals surface area contributed by atoms with Crippen molar-refractivity contribution in [2.45, 2.75) is 39.5 Å². The molecule has 0 bridgehead atoms. The lowest BCUT2D eigenvalue weighted by molar-refractivity contribution is 0.325. The Bertz CT molecular complexity index is 536. The number of pyridine rings is 1. The Kier molecular flexibility index (Phi) is 5.14. The van der Waals surface area contributed by atoms with Gasteiger partial charge in [0.15, 0.2) is 0 Å². The molecule has 0 fully saturated rings. The van der Waals surface area contributed by atoms with Crippen molar-refractivity contribution in [3.8, 4) is 18.0 Å². The van der Waals surface area contributed by atoms with Crippen LogP contribution in [0, 0.1) is 22.7 Å². The summed E-state index contributed by atoms with van der Waals surface area (Å²) in [5, 5.41) is 18.6. The van der Waals surface area contributed by atoms with Crippen LogP contribution in [0.5, 0.6) is 5.88 Å². The monoisotopic (exact) mass is 258 g/mol. The normalized spacial score (nSPS) is 10.0. The highest BCUT2D eigenvalue weighted by Crippen LogP contribution is 2.35. The minimum Gasteiger partial charge on any atom is -0.477 e. The minimum absolute atomic E-state index is 0.105. The van der Waals surface area contributed by atoms with Crippen LogP contribution in [0.3, 0.4) is 0 Å². The molecular weight excluding hydrogens is 240 g/mol. The van der Waals surface area contributed by atoms with Gasteiger partial charge in [-0.05, 0) is 31.2 Å². The highest BCUT2D eigenvalue weighted by atomic mass is 16.5. The molecule has 5 nitrogen and oxygen atoms in total. The lowest BCUT2D eigenvalue weighted by atomic mass is 9.87. The first-order valence-corrected chi connectivity index (χ1v) is 6.40. The van der Waals surface area contributed by atoms with Crippen molar-refractivity contribution < 1.29 is 4.74 Å². The van der Waals surface area contributed by atoms with Gasteiger partial charge in [-0.25, -0.2) is 0 Å². The Balaban J connectivity index is 3.63. The summed E-state index contributed by atoms with van der Waals surface area (Å²) in [6, 6.07) is 4.17. The van der Waals surface area contributed by atoms with Gasteiger partial charge in [-0.15, -0.1) is 0 Å². The first kappa shape index (κ1) is 14.8. The second kappa shape index (κ2) is 6.61. The van der Waals surface area contributed by atoms with Crippen LogP contribution in [0.15, 0.2) is 0 Å². The maximum atomic E-state index is 9.36. The number of hydrogen-bond donors (Lipinski definition) is 1. The number of nitrogens with zero attached hydrogens (tertiary/aromatic N) is 3. The highest BCUT2D eigenvalue weighted by molar-refractivity contribution is 5.63. The van der Waals surface area contributed by atoms with Crippen LogP contribution in [0.25, 0.3) is 0 Å². The Morgan fingerprint density at radius 1 is 1.16 bits per heavy atom. The molecule has 0 radical (unpaired) electrons. The summed E-state index contributed by atoms with van der Waals surface area (Å²) in [5.41, 5.74) is 7.12. The molecule has 0 saturated carbocycles. The summed E-state index contributed by atoms with van der Waals surface area (Å²) < 4.78 is 5.37. The summed E-state index contributed by atoms with van der Waals surface area (Å²) in [5.74, 6) is 0.462. The van der Waals surface area contributed by atoms with Crippen LogP contribution >= 0.6 is 0 Å². The van der Waals surface area contributed by atoms with Gasteiger partial charge in [-0.1, -0.05) is 13.8 Å². The van der Waals surface area contributed by atoms with Crippen molar-refractivity contribution in [3.05, 3.63) is 16.7 Å². The molecule has 19 heavy (non-hydrogen) atoms. The number of nitriles is 2. The van der Waals surface area contributed by atoms with Gasteiger partial charge in [0.1, 0.15) is 23.5 Å². The molecular formula is C14H18N4O. The Labute approximate surface area is 113 Å². The van der Waals surface area contributed by atoms with Gasteiger partial charge in [-0.2, -0.15) is 15.5 Å². The zero-order valence-corrected chi connectivity index (χ0v) is 11.5. The van der Waals surface area contributed by atoms with E-state index in [1.165, 1.54) is 0 Å². The van der Waals surface area contributed by atoms with E-state index in [4.69, 9.17) is 10.5 Å². The van der Waals surface area contributed by atoms with E-state index in [0.717, 1.165) is 12.8 Å². The average Bonchev–Trinajstić information content (AvgIpc) is 2.41. The number of hydrogen-bond acceptors (Lipinski definition) is 5. The van der Waals surface area contributed by atoms with Gasteiger partial charge in [0.25, 0.3) is 0 Å². The first-order valence-electron chi connectivity index (χ1n) is 6.40. The van der Waals surface area contributed by atoms with E-state index in [-0.39, 0.29) is 17.6 Å². The molecule has 0 saturated heterocycles. The Morgan fingerprint density at radius 3 is 2.16 bits per heavy atom. The molecule has 1 heterocycles. The first-order chi connectivity index (χ1) is 9.14. The molecule has 0 unspecified atom stereocenters. The SMILES string of the molecule is CCOc1nc(N)c(C#N)c(C(CC)CC)c1C#N. The quantitative estimate of drug-likeness (QED) is 0.875. The van der Waals surface area contributed by atoms with Crippen molar-refractivity contribution in [1.29, 1.82) is 10.5 Å². The van der Waals surface area contributed by atoms with Gasteiger partial charge in [0, 0.05) is 0 Å². The minimum atomic E-state index is 0.105. The number of ether oxygens (including phenoxy) is 1. The second-order valence-corrected chi connectivity index (χ2v) is 4.14. The predicted molar refractivity (Wildman–Crippen MR) is 72.6 cm³/mol. The zero-order chi connectivity index (χ0) is 14.4.